The van der Waals surface area contributed by atoms with Crippen LogP contribution in [-0.4, -0.2) is 41.7 Å². The fraction of sp³-hybridized carbons (Fsp3) is 0.562. The molecule has 0 atom stereocenters. The number of nitrogens with two attached hydrogens (primary N) is 1. The first kappa shape index (κ1) is 17.5. The minimum atomic E-state index is -0.0796. The van der Waals surface area contributed by atoms with Crippen LogP contribution in [0.4, 0.5) is 11.4 Å². The lowest BCUT2D eigenvalue weighted by molar-refractivity contribution is -0.118. The molecule has 0 saturated heterocycles. The molecule has 5 heteroatoms. The second-order valence-electron chi connectivity index (χ2n) is 5.29. The molecule has 4 N–H and O–H groups in total. The zero-order chi connectivity index (χ0) is 15.8. The predicted molar refractivity (Wildman–Crippen MR) is 87.2 cm³/mol. The van der Waals surface area contributed by atoms with Crippen LogP contribution in [0, 0.1) is 6.92 Å². The van der Waals surface area contributed by atoms with E-state index in [1.54, 1.807) is 6.07 Å². The Morgan fingerprint density at radius 2 is 2.05 bits per heavy atom. The topological polar surface area (TPSA) is 78.6 Å². The molecule has 118 valence electrons. The van der Waals surface area contributed by atoms with Crippen molar-refractivity contribution in [3.8, 4) is 0 Å². The first-order valence-electron chi connectivity index (χ1n) is 7.52. The Kier molecular flexibility index (Phi) is 7.19. The maximum Gasteiger partial charge on any atom is 0.238 e. The van der Waals surface area contributed by atoms with E-state index >= 15 is 0 Å². The van der Waals surface area contributed by atoms with Crippen molar-refractivity contribution in [2.24, 2.45) is 0 Å². The summed E-state index contributed by atoms with van der Waals surface area (Å²) < 4.78 is 0. The van der Waals surface area contributed by atoms with Crippen LogP contribution < -0.4 is 11.1 Å². The van der Waals surface area contributed by atoms with Crippen LogP contribution in [0.15, 0.2) is 18.2 Å². The van der Waals surface area contributed by atoms with Crippen LogP contribution in [0.5, 0.6) is 0 Å². The maximum absolute atomic E-state index is 12.2. The average molecular weight is 293 g/mol. The maximum atomic E-state index is 12.2. The summed E-state index contributed by atoms with van der Waals surface area (Å²) in [4.78, 5) is 14.2. The van der Waals surface area contributed by atoms with Gasteiger partial charge in [-0.1, -0.05) is 19.9 Å². The summed E-state index contributed by atoms with van der Waals surface area (Å²) in [5.41, 5.74) is 8.10. The number of amides is 1. The Labute approximate surface area is 127 Å². The molecular weight excluding hydrogens is 266 g/mol. The van der Waals surface area contributed by atoms with Gasteiger partial charge >= 0.3 is 0 Å². The quantitative estimate of drug-likeness (QED) is 0.641. The standard InChI is InChI=1S/C16H27N3O2/c1-4-14(5-2)19(8-9-20)11-16(21)18-15-10-13(17)7-6-12(15)3/h6-7,10,14,20H,4-5,8-9,11,17H2,1-3H3,(H,18,21). The SMILES string of the molecule is CCC(CC)N(CCO)CC(=O)Nc1cc(N)ccc1C. The molecule has 0 bridgehead atoms. The first-order chi connectivity index (χ1) is 10.0. The van der Waals surface area contributed by atoms with Crippen molar-refractivity contribution in [2.45, 2.75) is 39.7 Å². The lowest BCUT2D eigenvalue weighted by Gasteiger charge is -2.29. The third-order valence-electron chi connectivity index (χ3n) is 3.73. The van der Waals surface area contributed by atoms with Crippen LogP contribution in [-0.2, 0) is 4.79 Å². The fourth-order valence-corrected chi connectivity index (χ4v) is 2.47. The number of hydrogen-bond donors (Lipinski definition) is 3. The van der Waals surface area contributed by atoms with Crippen LogP contribution >= 0.6 is 0 Å². The highest BCUT2D eigenvalue weighted by Gasteiger charge is 2.18. The molecule has 0 aliphatic heterocycles. The van der Waals surface area contributed by atoms with Crippen molar-refractivity contribution >= 4 is 17.3 Å². The molecule has 0 spiro atoms. The summed E-state index contributed by atoms with van der Waals surface area (Å²) in [6.07, 6.45) is 1.92. The zero-order valence-electron chi connectivity index (χ0n) is 13.2. The van der Waals surface area contributed by atoms with Gasteiger partial charge in [0.15, 0.2) is 0 Å². The monoisotopic (exact) mass is 293 g/mol. The van der Waals surface area contributed by atoms with Crippen molar-refractivity contribution in [2.75, 3.05) is 30.7 Å². The molecule has 0 radical (unpaired) electrons. The average Bonchev–Trinajstić information content (AvgIpc) is 2.44. The van der Waals surface area contributed by atoms with Gasteiger partial charge < -0.3 is 16.2 Å². The van der Waals surface area contributed by atoms with Crippen molar-refractivity contribution in [3.63, 3.8) is 0 Å². The number of rotatable bonds is 8. The van der Waals surface area contributed by atoms with E-state index in [4.69, 9.17) is 10.8 Å². The van der Waals surface area contributed by atoms with Crippen LogP contribution in [0.25, 0.3) is 0 Å². The molecule has 1 rings (SSSR count). The molecular formula is C16H27N3O2. The van der Waals surface area contributed by atoms with Crippen LogP contribution in [0.2, 0.25) is 0 Å². The van der Waals surface area contributed by atoms with E-state index < -0.39 is 0 Å². The molecule has 5 nitrogen and oxygen atoms in total. The predicted octanol–water partition coefficient (Wildman–Crippen LogP) is 2.00. The Morgan fingerprint density at radius 3 is 2.62 bits per heavy atom. The van der Waals surface area contributed by atoms with Gasteiger partial charge in [-0.25, -0.2) is 0 Å². The Bertz CT molecular complexity index is 459. The summed E-state index contributed by atoms with van der Waals surface area (Å²) in [5.74, 6) is -0.0796. The van der Waals surface area contributed by atoms with Gasteiger partial charge in [-0.2, -0.15) is 0 Å². The van der Waals surface area contributed by atoms with Gasteiger partial charge in [-0.05, 0) is 37.5 Å². The number of aliphatic hydroxyl groups excluding tert-OH is 1. The number of benzene rings is 1. The van der Waals surface area contributed by atoms with Crippen molar-refractivity contribution in [3.05, 3.63) is 23.8 Å². The molecule has 1 aromatic carbocycles. The molecule has 1 aromatic rings. The Hall–Kier alpha value is -1.59. The smallest absolute Gasteiger partial charge is 0.238 e. The van der Waals surface area contributed by atoms with E-state index in [1.165, 1.54) is 0 Å². The summed E-state index contributed by atoms with van der Waals surface area (Å²) in [5, 5.41) is 12.1. The molecule has 0 aliphatic rings. The Balaban J connectivity index is 2.71. The third kappa shape index (κ3) is 5.36. The number of nitrogens with one attached hydrogen (secondary N) is 1. The summed E-state index contributed by atoms with van der Waals surface area (Å²) in [6, 6.07) is 5.77. The lowest BCUT2D eigenvalue weighted by Crippen LogP contribution is -2.42. The van der Waals surface area contributed by atoms with E-state index in [-0.39, 0.29) is 19.1 Å². The normalized spacial score (nSPS) is 11.1. The molecule has 0 fully saturated rings. The van der Waals surface area contributed by atoms with E-state index in [0.717, 1.165) is 24.1 Å². The zero-order valence-corrected chi connectivity index (χ0v) is 13.2. The van der Waals surface area contributed by atoms with E-state index in [1.807, 2.05) is 24.0 Å². The number of nitrogen functional groups attached to an aromatic ring is 1. The minimum Gasteiger partial charge on any atom is -0.399 e. The summed E-state index contributed by atoms with van der Waals surface area (Å²) in [6.45, 7) is 6.97. The van der Waals surface area contributed by atoms with Crippen LogP contribution in [0.1, 0.15) is 32.3 Å². The van der Waals surface area contributed by atoms with E-state index in [0.29, 0.717) is 18.3 Å². The second kappa shape index (κ2) is 8.64. The van der Waals surface area contributed by atoms with Gasteiger partial charge in [0.05, 0.1) is 13.2 Å². The molecule has 1 amide bonds. The minimum absolute atomic E-state index is 0.0566. The number of aryl methyl sites for hydroxylation is 1. The first-order valence-corrected chi connectivity index (χ1v) is 7.52. The van der Waals surface area contributed by atoms with Crippen molar-refractivity contribution in [1.82, 2.24) is 4.90 Å². The summed E-state index contributed by atoms with van der Waals surface area (Å²) in [7, 11) is 0. The van der Waals surface area contributed by atoms with Gasteiger partial charge in [0.2, 0.25) is 5.91 Å². The van der Waals surface area contributed by atoms with Crippen LogP contribution in [0.3, 0.4) is 0 Å². The molecule has 0 saturated carbocycles. The van der Waals surface area contributed by atoms with Gasteiger partial charge in [0.25, 0.3) is 0 Å². The molecule has 21 heavy (non-hydrogen) atoms. The third-order valence-corrected chi connectivity index (χ3v) is 3.73. The highest BCUT2D eigenvalue weighted by molar-refractivity contribution is 5.93. The van der Waals surface area contributed by atoms with Crippen molar-refractivity contribution in [1.29, 1.82) is 0 Å². The summed E-state index contributed by atoms with van der Waals surface area (Å²) >= 11 is 0. The van der Waals surface area contributed by atoms with Gasteiger partial charge in [0, 0.05) is 24.0 Å². The highest BCUT2D eigenvalue weighted by atomic mass is 16.3. The highest BCUT2D eigenvalue weighted by Crippen LogP contribution is 2.18. The fourth-order valence-electron chi connectivity index (χ4n) is 2.47. The number of carbonyl (C=O) groups is 1. The number of hydrogen-bond acceptors (Lipinski definition) is 4. The van der Waals surface area contributed by atoms with Gasteiger partial charge in [-0.3, -0.25) is 9.69 Å². The molecule has 0 aliphatic carbocycles. The number of aliphatic hydroxyl groups is 1. The van der Waals surface area contributed by atoms with Gasteiger partial charge in [0.1, 0.15) is 0 Å². The number of nitrogens with zero attached hydrogens (tertiary/aromatic N) is 1. The van der Waals surface area contributed by atoms with E-state index in [9.17, 15) is 4.79 Å². The molecule has 0 heterocycles. The van der Waals surface area contributed by atoms with E-state index in [2.05, 4.69) is 19.2 Å². The number of anilines is 2. The van der Waals surface area contributed by atoms with Gasteiger partial charge in [-0.15, -0.1) is 0 Å². The second-order valence-corrected chi connectivity index (χ2v) is 5.29. The largest absolute Gasteiger partial charge is 0.399 e. The molecule has 0 unspecified atom stereocenters. The Morgan fingerprint density at radius 1 is 1.38 bits per heavy atom. The lowest BCUT2D eigenvalue weighted by atomic mass is 10.1. The molecule has 0 aromatic heterocycles. The number of carbonyl (C=O) groups excluding carboxylic acids is 1. The van der Waals surface area contributed by atoms with Crippen molar-refractivity contribution < 1.29 is 9.90 Å².